The summed E-state index contributed by atoms with van der Waals surface area (Å²) < 4.78 is 11.0. The van der Waals surface area contributed by atoms with Crippen molar-refractivity contribution in [3.8, 4) is 5.88 Å². The number of hydrogen-bond acceptors (Lipinski definition) is 8. The molecule has 2 aromatic rings. The summed E-state index contributed by atoms with van der Waals surface area (Å²) in [5, 5.41) is 2.74. The van der Waals surface area contributed by atoms with Gasteiger partial charge in [0.1, 0.15) is 12.4 Å². The first-order valence-electron chi connectivity index (χ1n) is 9.93. The fraction of sp³-hybridized carbons (Fsp3) is 0.429. The zero-order valence-electron chi connectivity index (χ0n) is 17.5. The van der Waals surface area contributed by atoms with Crippen molar-refractivity contribution in [3.05, 3.63) is 36.4 Å². The minimum absolute atomic E-state index is 0.0377. The zero-order valence-corrected chi connectivity index (χ0v) is 18.3. The lowest BCUT2D eigenvalue weighted by molar-refractivity contribution is -0.114. The number of pyridine rings is 1. The average Bonchev–Trinajstić information content (AvgIpc) is 2.76. The number of ether oxygens (including phenoxy) is 2. The Morgan fingerprint density at radius 3 is 2.53 bits per heavy atom. The molecule has 8 nitrogen and oxygen atoms in total. The minimum Gasteiger partial charge on any atom is -0.474 e. The van der Waals surface area contributed by atoms with E-state index in [-0.39, 0.29) is 12.5 Å². The fourth-order valence-electron chi connectivity index (χ4n) is 2.98. The predicted molar refractivity (Wildman–Crippen MR) is 120 cm³/mol. The number of piperazine rings is 1. The third-order valence-corrected chi connectivity index (χ3v) is 5.75. The van der Waals surface area contributed by atoms with E-state index < -0.39 is 0 Å². The standard InChI is InChI=1S/C21H29N5O3S/c1-25-9-11-26(12-10-25)19-8-7-18(21(24-19)29-14-13-28-2)30-17-5-3-16(4-6-17)23-20(27)15-22/h3-8H,9-15,22H2,1-2H3,(H,23,27). The summed E-state index contributed by atoms with van der Waals surface area (Å²) >= 11 is 1.57. The summed E-state index contributed by atoms with van der Waals surface area (Å²) in [4.78, 5) is 22.8. The van der Waals surface area contributed by atoms with Crippen molar-refractivity contribution < 1.29 is 14.3 Å². The molecule has 2 heterocycles. The Kier molecular flexibility index (Phi) is 8.32. The van der Waals surface area contributed by atoms with Crippen LogP contribution in [0.1, 0.15) is 0 Å². The van der Waals surface area contributed by atoms with E-state index in [0.29, 0.717) is 19.1 Å². The van der Waals surface area contributed by atoms with E-state index in [1.54, 1.807) is 18.9 Å². The fourth-order valence-corrected chi connectivity index (χ4v) is 3.83. The van der Waals surface area contributed by atoms with Gasteiger partial charge in [0, 0.05) is 43.9 Å². The van der Waals surface area contributed by atoms with Gasteiger partial charge in [0.05, 0.1) is 18.0 Å². The molecule has 3 rings (SSSR count). The van der Waals surface area contributed by atoms with Gasteiger partial charge in [0.15, 0.2) is 0 Å². The Morgan fingerprint density at radius 2 is 1.87 bits per heavy atom. The summed E-state index contributed by atoms with van der Waals surface area (Å²) in [6.45, 7) is 4.83. The van der Waals surface area contributed by atoms with Crippen LogP contribution in [0.2, 0.25) is 0 Å². The highest BCUT2D eigenvalue weighted by Gasteiger charge is 2.18. The molecule has 1 amide bonds. The molecule has 3 N–H and O–H groups in total. The summed E-state index contributed by atoms with van der Waals surface area (Å²) in [6.07, 6.45) is 0. The molecular formula is C21H29N5O3S. The van der Waals surface area contributed by atoms with Crippen molar-refractivity contribution in [1.29, 1.82) is 0 Å². The third-order valence-electron chi connectivity index (χ3n) is 4.72. The van der Waals surface area contributed by atoms with Crippen molar-refractivity contribution >= 4 is 29.2 Å². The molecule has 162 valence electrons. The largest absolute Gasteiger partial charge is 0.474 e. The lowest BCUT2D eigenvalue weighted by Gasteiger charge is -2.33. The Morgan fingerprint density at radius 1 is 1.13 bits per heavy atom. The minimum atomic E-state index is -0.215. The molecule has 0 aliphatic carbocycles. The van der Waals surface area contributed by atoms with E-state index >= 15 is 0 Å². The molecule has 0 radical (unpaired) electrons. The van der Waals surface area contributed by atoms with E-state index in [9.17, 15) is 4.79 Å². The molecule has 1 saturated heterocycles. The van der Waals surface area contributed by atoms with Crippen molar-refractivity contribution in [2.24, 2.45) is 5.73 Å². The molecule has 30 heavy (non-hydrogen) atoms. The van der Waals surface area contributed by atoms with Gasteiger partial charge >= 0.3 is 0 Å². The number of carbonyl (C=O) groups is 1. The van der Waals surface area contributed by atoms with Crippen LogP contribution in [0.25, 0.3) is 0 Å². The highest BCUT2D eigenvalue weighted by Crippen LogP contribution is 2.36. The number of carbonyl (C=O) groups excluding carboxylic acids is 1. The normalized spacial score (nSPS) is 14.6. The van der Waals surface area contributed by atoms with Crippen molar-refractivity contribution in [2.75, 3.05) is 70.3 Å². The number of nitrogens with one attached hydrogen (secondary N) is 1. The summed E-state index contributed by atoms with van der Waals surface area (Å²) in [6, 6.07) is 11.7. The smallest absolute Gasteiger partial charge is 0.238 e. The van der Waals surface area contributed by atoms with Gasteiger partial charge in [0.2, 0.25) is 11.8 Å². The van der Waals surface area contributed by atoms with Crippen molar-refractivity contribution in [2.45, 2.75) is 9.79 Å². The maximum Gasteiger partial charge on any atom is 0.238 e. The van der Waals surface area contributed by atoms with Crippen LogP contribution >= 0.6 is 11.8 Å². The average molecular weight is 432 g/mol. The second-order valence-corrected chi connectivity index (χ2v) is 8.10. The van der Waals surface area contributed by atoms with E-state index in [2.05, 4.69) is 28.2 Å². The first kappa shape index (κ1) is 22.4. The van der Waals surface area contributed by atoms with Crippen LogP contribution < -0.4 is 20.7 Å². The third kappa shape index (κ3) is 6.33. The number of methoxy groups -OCH3 is 1. The molecule has 0 bridgehead atoms. The Bertz CT molecular complexity index is 826. The van der Waals surface area contributed by atoms with Crippen molar-refractivity contribution in [1.82, 2.24) is 9.88 Å². The molecule has 0 spiro atoms. The number of nitrogens with two attached hydrogens (primary N) is 1. The Labute approximate surface area is 181 Å². The zero-order chi connectivity index (χ0) is 21.3. The molecular weight excluding hydrogens is 402 g/mol. The maximum absolute atomic E-state index is 11.4. The molecule has 1 aliphatic heterocycles. The van der Waals surface area contributed by atoms with Gasteiger partial charge in [-0.25, -0.2) is 0 Å². The number of nitrogens with zero attached hydrogens (tertiary/aromatic N) is 3. The van der Waals surface area contributed by atoms with E-state index in [0.717, 1.165) is 47.5 Å². The summed E-state index contributed by atoms with van der Waals surface area (Å²) in [5.41, 5.74) is 6.06. The highest BCUT2D eigenvalue weighted by atomic mass is 32.2. The molecule has 9 heteroatoms. The quantitative estimate of drug-likeness (QED) is 0.582. The van der Waals surface area contributed by atoms with Crippen molar-refractivity contribution in [3.63, 3.8) is 0 Å². The molecule has 0 saturated carbocycles. The molecule has 1 fully saturated rings. The first-order valence-corrected chi connectivity index (χ1v) is 10.7. The monoisotopic (exact) mass is 431 g/mol. The second-order valence-electron chi connectivity index (χ2n) is 6.98. The number of anilines is 2. The van der Waals surface area contributed by atoms with Crippen LogP contribution in [0.3, 0.4) is 0 Å². The topological polar surface area (TPSA) is 93.0 Å². The van der Waals surface area contributed by atoms with Gasteiger partial charge in [-0.3, -0.25) is 4.79 Å². The van der Waals surface area contributed by atoms with E-state index in [1.165, 1.54) is 0 Å². The van der Waals surface area contributed by atoms with Gasteiger partial charge in [-0.1, -0.05) is 11.8 Å². The molecule has 1 aliphatic rings. The van der Waals surface area contributed by atoms with Gasteiger partial charge in [0.25, 0.3) is 0 Å². The Balaban J connectivity index is 1.74. The van der Waals surface area contributed by atoms with Crippen LogP contribution in [0.5, 0.6) is 5.88 Å². The molecule has 1 aromatic heterocycles. The second kappa shape index (κ2) is 11.2. The number of rotatable bonds is 9. The van der Waals surface area contributed by atoms with Gasteiger partial charge < -0.3 is 30.3 Å². The number of amides is 1. The lowest BCUT2D eigenvalue weighted by atomic mass is 10.3. The van der Waals surface area contributed by atoms with Crippen LogP contribution in [0, 0.1) is 0 Å². The highest BCUT2D eigenvalue weighted by molar-refractivity contribution is 7.99. The van der Waals surface area contributed by atoms with Crippen LogP contribution in [0.15, 0.2) is 46.2 Å². The summed E-state index contributed by atoms with van der Waals surface area (Å²) in [5.74, 6) is 1.32. The molecule has 0 atom stereocenters. The lowest BCUT2D eigenvalue weighted by Crippen LogP contribution is -2.44. The predicted octanol–water partition coefficient (Wildman–Crippen LogP) is 1.91. The van der Waals surface area contributed by atoms with Gasteiger partial charge in [-0.05, 0) is 43.4 Å². The Hall–Kier alpha value is -2.33. The number of aromatic nitrogens is 1. The number of benzene rings is 1. The maximum atomic E-state index is 11.4. The number of likely N-dealkylation sites (N-methyl/N-ethyl adjacent to an activating group) is 1. The molecule has 0 unspecified atom stereocenters. The first-order chi connectivity index (χ1) is 14.6. The number of hydrogen-bond donors (Lipinski definition) is 2. The van der Waals surface area contributed by atoms with Gasteiger partial charge in [-0.15, -0.1) is 0 Å². The SMILES string of the molecule is COCCOc1nc(N2CCN(C)CC2)ccc1Sc1ccc(NC(=O)CN)cc1. The van der Waals surface area contributed by atoms with E-state index in [4.69, 9.17) is 20.2 Å². The van der Waals surface area contributed by atoms with E-state index in [1.807, 2.05) is 30.3 Å². The summed E-state index contributed by atoms with van der Waals surface area (Å²) in [7, 11) is 3.79. The van der Waals surface area contributed by atoms with Crippen LogP contribution in [0.4, 0.5) is 11.5 Å². The van der Waals surface area contributed by atoms with Crippen LogP contribution in [-0.4, -0.2) is 75.9 Å². The van der Waals surface area contributed by atoms with Crippen LogP contribution in [-0.2, 0) is 9.53 Å². The molecule has 1 aromatic carbocycles. The van der Waals surface area contributed by atoms with Gasteiger partial charge in [-0.2, -0.15) is 4.98 Å².